The van der Waals surface area contributed by atoms with Crippen molar-refractivity contribution >= 4 is 65.0 Å². The fourth-order valence-corrected chi connectivity index (χ4v) is 9.56. The average molecular weight is 1260 g/mol. The van der Waals surface area contributed by atoms with Crippen molar-refractivity contribution < 1.29 is 127 Å². The molecular formula is C51H86N10O26. The van der Waals surface area contributed by atoms with E-state index in [1.54, 1.807) is 0 Å². The van der Waals surface area contributed by atoms with Crippen LogP contribution >= 0.6 is 0 Å². The zero-order chi connectivity index (χ0) is 65.9. The monoisotopic (exact) mass is 1250 g/mol. The largest absolute Gasteiger partial charge is 0.480 e. The lowest BCUT2D eigenvalue weighted by Gasteiger charge is -2.49. The topological polar surface area (TPSA) is 584 Å². The highest BCUT2D eigenvalue weighted by atomic mass is 16.7. The molecule has 22 N–H and O–H groups in total. The molecule has 0 aliphatic carbocycles. The van der Waals surface area contributed by atoms with Crippen LogP contribution in [0.2, 0.25) is 0 Å². The van der Waals surface area contributed by atoms with Gasteiger partial charge in [-0.3, -0.25) is 52.7 Å². The molecule has 3 rings (SSSR count). The van der Waals surface area contributed by atoms with Gasteiger partial charge in [0.2, 0.25) is 59.1 Å². The molecule has 36 nitrogen and oxygen atoms in total. The molecule has 0 spiro atoms. The number of primary amides is 2. The number of hydrogen-bond acceptors (Lipinski definition) is 25. The van der Waals surface area contributed by atoms with Crippen LogP contribution < -0.4 is 54.0 Å². The van der Waals surface area contributed by atoms with E-state index < -0.39 is 244 Å². The number of carboxylic acid groups (broad SMARTS) is 1. The molecule has 0 unspecified atom stereocenters. The van der Waals surface area contributed by atoms with Gasteiger partial charge in [-0.05, 0) is 52.9 Å². The zero-order valence-corrected chi connectivity index (χ0v) is 49.0. The first kappa shape index (κ1) is 74.9. The second kappa shape index (κ2) is 35.0. The average Bonchev–Trinajstić information content (AvgIpc) is 0.937. The summed E-state index contributed by atoms with van der Waals surface area (Å²) in [4.78, 5) is 142. The van der Waals surface area contributed by atoms with Crippen LogP contribution in [0.15, 0.2) is 0 Å². The minimum absolute atomic E-state index is 0.149. The summed E-state index contributed by atoms with van der Waals surface area (Å²) in [6.45, 7) is 5.66. The molecule has 23 atom stereocenters. The van der Waals surface area contributed by atoms with Gasteiger partial charge in [-0.25, -0.2) is 0 Å². The van der Waals surface area contributed by atoms with Crippen molar-refractivity contribution in [2.75, 3.05) is 26.4 Å². The lowest BCUT2D eigenvalue weighted by atomic mass is 9.80. The summed E-state index contributed by atoms with van der Waals surface area (Å²) >= 11 is 0. The van der Waals surface area contributed by atoms with Crippen LogP contribution in [-0.4, -0.2) is 265 Å². The normalized spacial score (nSPS) is 30.0. The number of rotatable bonds is 33. The summed E-state index contributed by atoms with van der Waals surface area (Å²) in [6, 6.07) is -11.6. The first-order valence-electron chi connectivity index (χ1n) is 28.0. The van der Waals surface area contributed by atoms with Crippen molar-refractivity contribution in [2.45, 2.75) is 209 Å². The van der Waals surface area contributed by atoms with E-state index in [0.29, 0.717) is 0 Å². The Labute approximate surface area is 498 Å². The van der Waals surface area contributed by atoms with Gasteiger partial charge in [0.1, 0.15) is 91.1 Å². The van der Waals surface area contributed by atoms with Gasteiger partial charge in [0.15, 0.2) is 18.9 Å². The highest BCUT2D eigenvalue weighted by Crippen LogP contribution is 2.36. The van der Waals surface area contributed by atoms with Crippen molar-refractivity contribution in [1.82, 2.24) is 42.5 Å². The Bertz CT molecular complexity index is 2380. The third-order valence-corrected chi connectivity index (χ3v) is 14.7. The Hall–Kier alpha value is -6.39. The van der Waals surface area contributed by atoms with Crippen LogP contribution in [-0.2, 0) is 76.4 Å². The number of aliphatic hydroxyl groups excluding tert-OH is 9. The number of hydrogen-bond donors (Lipinski definition) is 20. The second-order valence-corrected chi connectivity index (χ2v) is 21.8. The van der Waals surface area contributed by atoms with Gasteiger partial charge < -0.3 is 129 Å². The molecule has 3 aliphatic heterocycles. The minimum Gasteiger partial charge on any atom is -0.480 e. The SMILES string of the molecule is CC(=O)N[C@@H]1[C@@H](C[C@H](C)C(=O)N[C@@H](C)C(=O)N[C@H](CCC(=O)N[C@H](CCC[C@H](NC(=O)[C@H](C)CO[C@@H]2O[C@H](CO)[C@@H](O)[C@H](O)[C@@H]2O)C(N)=O)C(=O)N[C@H](C)C(=O)N[C@H](C)C(=O)O)C(N)=O)[C@H](O[C@@H]2O[C@H](CO)[C@@H](O)[C@H](O)[C@H]2NC(C)=O)[C@@H](CO)O[C@@H]1O. The summed E-state index contributed by atoms with van der Waals surface area (Å²) < 4.78 is 28.2. The molecule has 3 heterocycles. The highest BCUT2D eigenvalue weighted by molar-refractivity contribution is 5.94. The van der Waals surface area contributed by atoms with E-state index in [-0.39, 0.29) is 25.7 Å². The van der Waals surface area contributed by atoms with Crippen LogP contribution in [0, 0.1) is 17.8 Å². The van der Waals surface area contributed by atoms with Gasteiger partial charge in [-0.2, -0.15) is 0 Å². The molecule has 0 saturated carbocycles. The number of ether oxygens (including phenoxy) is 5. The van der Waals surface area contributed by atoms with E-state index in [0.717, 1.165) is 20.8 Å². The van der Waals surface area contributed by atoms with Gasteiger partial charge in [-0.1, -0.05) is 13.8 Å². The summed E-state index contributed by atoms with van der Waals surface area (Å²) in [5.74, 6) is -13.8. The first-order valence-corrected chi connectivity index (χ1v) is 28.0. The molecule has 3 saturated heterocycles. The molecule has 496 valence electrons. The van der Waals surface area contributed by atoms with E-state index in [2.05, 4.69) is 42.5 Å². The van der Waals surface area contributed by atoms with Crippen LogP contribution in [0.5, 0.6) is 0 Å². The Morgan fingerprint density at radius 1 is 0.506 bits per heavy atom. The summed E-state index contributed by atoms with van der Waals surface area (Å²) in [7, 11) is 0. The van der Waals surface area contributed by atoms with Crippen molar-refractivity contribution in [3.05, 3.63) is 0 Å². The van der Waals surface area contributed by atoms with Gasteiger partial charge in [0, 0.05) is 32.1 Å². The van der Waals surface area contributed by atoms with Crippen LogP contribution in [0.1, 0.15) is 87.0 Å². The van der Waals surface area contributed by atoms with Gasteiger partial charge >= 0.3 is 5.97 Å². The first-order chi connectivity index (χ1) is 40.7. The third-order valence-electron chi connectivity index (χ3n) is 14.7. The molecule has 0 radical (unpaired) electrons. The number of aliphatic carboxylic acids is 1. The van der Waals surface area contributed by atoms with Crippen molar-refractivity contribution in [3.8, 4) is 0 Å². The number of amides is 10. The van der Waals surface area contributed by atoms with E-state index in [1.807, 2.05) is 0 Å². The van der Waals surface area contributed by atoms with Crippen molar-refractivity contribution in [3.63, 3.8) is 0 Å². The molecule has 3 aliphatic rings. The number of carboxylic acids is 1. The zero-order valence-electron chi connectivity index (χ0n) is 49.0. The van der Waals surface area contributed by atoms with Crippen LogP contribution in [0.25, 0.3) is 0 Å². The van der Waals surface area contributed by atoms with E-state index in [9.17, 15) is 104 Å². The molecule has 3 fully saturated rings. The predicted octanol–water partition coefficient (Wildman–Crippen LogP) is -10.4. The van der Waals surface area contributed by atoms with E-state index in [4.69, 9.17) is 35.2 Å². The fraction of sp³-hybridized carbons (Fsp3) is 0.784. The number of aliphatic hydroxyl groups is 9. The lowest BCUT2D eigenvalue weighted by molar-refractivity contribution is -0.322. The number of nitrogens with one attached hydrogen (secondary N) is 8. The standard InChI is InChI=1S/C51H86N10O26/c1-18(13-25-33(57-23(6)65)49(82)84-31(16-64)40(25)87-50-34(58-24(7)66)37(70)35(68)29(14-62)85-50)43(75)54-21(4)46(78)61-27(42(53)74)11-12-32(67)59-28(47(79)55-20(3)45(77)56-22(5)48(80)81)10-8-9-26(41(52)73)60-44(76)19(2)17-83-51-39(72)38(71)36(69)30(15-63)86-51/h18-22,25-31,33-40,49-51,62-64,68-72,82H,8-17H2,1-7H3,(H2,52,73)(H2,53,74)(H,54,75)(H,55,79)(H,56,77)(H,57,65)(H,58,66)(H,59,67)(H,60,76)(H,61,78)(H,80,81)/t18-,19+,20+,21-,22+,25+,26-,27+,28+,29+,30+,31+,33+,34+,35+,36+,37+,38-,39-,40-,49-,50-,51+/m0/s1. The van der Waals surface area contributed by atoms with Crippen LogP contribution in [0.4, 0.5) is 0 Å². The smallest absolute Gasteiger partial charge is 0.325 e. The maximum atomic E-state index is 13.8. The summed E-state index contributed by atoms with van der Waals surface area (Å²) in [5, 5.41) is 121. The maximum Gasteiger partial charge on any atom is 0.325 e. The molecule has 0 aromatic heterocycles. The molecule has 36 heteroatoms. The molecule has 10 amide bonds. The Kier molecular flexibility index (Phi) is 30.1. The summed E-state index contributed by atoms with van der Waals surface area (Å²) in [5.41, 5.74) is 11.2. The third kappa shape index (κ3) is 22.0. The van der Waals surface area contributed by atoms with E-state index >= 15 is 0 Å². The highest BCUT2D eigenvalue weighted by Gasteiger charge is 2.52. The number of carbonyl (C=O) groups excluding carboxylic acids is 10. The molecule has 0 bridgehead atoms. The minimum atomic E-state index is -1.81. The number of carbonyl (C=O) groups is 11. The molecule has 0 aromatic carbocycles. The van der Waals surface area contributed by atoms with Gasteiger partial charge in [0.25, 0.3) is 0 Å². The van der Waals surface area contributed by atoms with E-state index in [1.165, 1.54) is 27.7 Å². The Balaban J connectivity index is 1.73. The summed E-state index contributed by atoms with van der Waals surface area (Å²) in [6.07, 6.45) is -21.5. The van der Waals surface area contributed by atoms with Crippen molar-refractivity contribution in [2.24, 2.45) is 29.2 Å². The fourth-order valence-electron chi connectivity index (χ4n) is 9.56. The van der Waals surface area contributed by atoms with Gasteiger partial charge in [-0.15, -0.1) is 0 Å². The Morgan fingerprint density at radius 3 is 1.52 bits per heavy atom. The van der Waals surface area contributed by atoms with Crippen LogP contribution in [0.3, 0.4) is 0 Å². The predicted molar refractivity (Wildman–Crippen MR) is 290 cm³/mol. The Morgan fingerprint density at radius 2 is 0.977 bits per heavy atom. The molecule has 0 aromatic rings. The number of nitrogens with two attached hydrogens (primary N) is 2. The lowest BCUT2D eigenvalue weighted by Crippen LogP contribution is -2.68. The molecule has 87 heavy (non-hydrogen) atoms. The quantitative estimate of drug-likeness (QED) is 0.0290. The van der Waals surface area contributed by atoms with Gasteiger partial charge in [0.05, 0.1) is 44.5 Å². The molecular weight excluding hydrogens is 1170 g/mol. The second-order valence-electron chi connectivity index (χ2n) is 21.8. The maximum absolute atomic E-state index is 13.8. The van der Waals surface area contributed by atoms with Crippen molar-refractivity contribution in [1.29, 1.82) is 0 Å².